The van der Waals surface area contributed by atoms with Gasteiger partial charge in [-0.15, -0.1) is 0 Å². The van der Waals surface area contributed by atoms with Crippen molar-refractivity contribution in [2.75, 3.05) is 4.90 Å². The van der Waals surface area contributed by atoms with E-state index in [4.69, 9.17) is 0 Å². The number of nitrogens with zero attached hydrogens (tertiary/aromatic N) is 1. The van der Waals surface area contributed by atoms with E-state index < -0.39 is 0 Å². The molecule has 0 atom stereocenters. The number of aryl methyl sites for hydroxylation is 4. The van der Waals surface area contributed by atoms with Crippen LogP contribution in [0.25, 0.3) is 33.0 Å². The lowest BCUT2D eigenvalue weighted by Crippen LogP contribution is -2.18. The molecule has 6 aromatic rings. The molecule has 0 bridgehead atoms. The fourth-order valence-corrected chi connectivity index (χ4v) is 8.85. The zero-order chi connectivity index (χ0) is 33.9. The van der Waals surface area contributed by atoms with Crippen LogP contribution in [-0.2, 0) is 10.8 Å². The smallest absolute Gasteiger partial charge is 0.0543 e. The number of rotatable bonds is 4. The Morgan fingerprint density at radius 1 is 0.479 bits per heavy atom. The van der Waals surface area contributed by atoms with Crippen LogP contribution >= 0.6 is 0 Å². The predicted octanol–water partition coefficient (Wildman–Crippen LogP) is 13.3. The molecule has 48 heavy (non-hydrogen) atoms. The monoisotopic (exact) mass is 625 g/mol. The Balaban J connectivity index is 1.41. The molecule has 2 aliphatic rings. The minimum atomic E-state index is -0.167. The molecule has 0 amide bonds. The second-order valence-electron chi connectivity index (χ2n) is 15.9. The van der Waals surface area contributed by atoms with Gasteiger partial charge in [0.2, 0.25) is 0 Å². The molecule has 0 radical (unpaired) electrons. The van der Waals surface area contributed by atoms with Gasteiger partial charge in [-0.25, -0.2) is 0 Å². The van der Waals surface area contributed by atoms with E-state index in [-0.39, 0.29) is 10.8 Å². The SMILES string of the molecule is Cc1ccc(N(c2ccc(C)cc2C)c2cc3c(c4ccccc24)-c2cc4c(cc2C3(C)C)-c2ccc(C(C)C)cc2C4(C)C)c(C)c1. The van der Waals surface area contributed by atoms with Gasteiger partial charge in [0, 0.05) is 27.6 Å². The molecular formula is C47H47N. The Morgan fingerprint density at radius 3 is 1.62 bits per heavy atom. The third-order valence-corrected chi connectivity index (χ3v) is 11.6. The summed E-state index contributed by atoms with van der Waals surface area (Å²) in [5.74, 6) is 0.512. The van der Waals surface area contributed by atoms with Crippen molar-refractivity contribution < 1.29 is 0 Å². The van der Waals surface area contributed by atoms with Gasteiger partial charge in [0.1, 0.15) is 0 Å². The normalized spacial score (nSPS) is 15.0. The Kier molecular flexibility index (Phi) is 6.68. The summed E-state index contributed by atoms with van der Waals surface area (Å²) in [7, 11) is 0. The van der Waals surface area contributed by atoms with Gasteiger partial charge in [0.25, 0.3) is 0 Å². The van der Waals surface area contributed by atoms with Gasteiger partial charge in [-0.1, -0.05) is 119 Å². The average molecular weight is 626 g/mol. The van der Waals surface area contributed by atoms with Gasteiger partial charge in [-0.05, 0) is 131 Å². The molecule has 0 spiro atoms. The van der Waals surface area contributed by atoms with E-state index >= 15 is 0 Å². The Labute approximate surface area is 287 Å². The lowest BCUT2D eigenvalue weighted by atomic mass is 9.79. The second kappa shape index (κ2) is 10.4. The van der Waals surface area contributed by atoms with E-state index in [1.807, 2.05) is 0 Å². The maximum atomic E-state index is 2.56. The molecule has 0 saturated heterocycles. The topological polar surface area (TPSA) is 3.24 Å². The first kappa shape index (κ1) is 30.7. The van der Waals surface area contributed by atoms with E-state index in [2.05, 4.69) is 171 Å². The van der Waals surface area contributed by atoms with Crippen molar-refractivity contribution in [3.05, 3.63) is 147 Å². The molecule has 0 fully saturated rings. The standard InChI is InChI=1S/C47H47N/c1-27(2)32-17-18-33-36-24-40-37(25-39(36)46(7,8)38(33)23-32)45-35-14-12-11-13-34(35)44(26-41(45)47(40,9)10)48(42-19-15-28(3)21-30(42)5)43-20-16-29(4)22-31(43)6/h11-27H,1-10H3. The molecule has 2 aliphatic carbocycles. The fraction of sp³-hybridized carbons (Fsp3) is 0.277. The van der Waals surface area contributed by atoms with Gasteiger partial charge < -0.3 is 4.90 Å². The van der Waals surface area contributed by atoms with E-state index in [1.165, 1.54) is 100 Å². The third-order valence-electron chi connectivity index (χ3n) is 11.6. The van der Waals surface area contributed by atoms with Gasteiger partial charge >= 0.3 is 0 Å². The van der Waals surface area contributed by atoms with E-state index in [0.717, 1.165) is 0 Å². The van der Waals surface area contributed by atoms with Crippen molar-refractivity contribution in [2.24, 2.45) is 0 Å². The van der Waals surface area contributed by atoms with Crippen molar-refractivity contribution in [3.8, 4) is 22.3 Å². The first-order valence-electron chi connectivity index (χ1n) is 17.6. The number of hydrogen-bond donors (Lipinski definition) is 0. The van der Waals surface area contributed by atoms with Crippen LogP contribution in [0.15, 0.2) is 97.1 Å². The van der Waals surface area contributed by atoms with Gasteiger partial charge in [0.05, 0.1) is 5.69 Å². The van der Waals surface area contributed by atoms with E-state index in [0.29, 0.717) is 5.92 Å². The lowest BCUT2D eigenvalue weighted by Gasteiger charge is -2.32. The second-order valence-corrected chi connectivity index (χ2v) is 15.9. The van der Waals surface area contributed by atoms with Crippen LogP contribution in [-0.4, -0.2) is 0 Å². The van der Waals surface area contributed by atoms with Crippen LogP contribution in [0.3, 0.4) is 0 Å². The van der Waals surface area contributed by atoms with Crippen molar-refractivity contribution in [3.63, 3.8) is 0 Å². The molecule has 0 aliphatic heterocycles. The third kappa shape index (κ3) is 4.29. The van der Waals surface area contributed by atoms with Crippen molar-refractivity contribution >= 4 is 27.8 Å². The highest BCUT2D eigenvalue weighted by molar-refractivity contribution is 6.10. The minimum Gasteiger partial charge on any atom is -0.309 e. The van der Waals surface area contributed by atoms with E-state index in [1.54, 1.807) is 0 Å². The van der Waals surface area contributed by atoms with Gasteiger partial charge in [0.15, 0.2) is 0 Å². The number of hydrogen-bond acceptors (Lipinski definition) is 1. The quantitative estimate of drug-likeness (QED) is 0.188. The maximum Gasteiger partial charge on any atom is 0.0543 e. The van der Waals surface area contributed by atoms with Crippen LogP contribution in [0.1, 0.15) is 97.5 Å². The minimum absolute atomic E-state index is 0.0596. The summed E-state index contributed by atoms with van der Waals surface area (Å²) in [5.41, 5.74) is 21.3. The Hall–Kier alpha value is -4.62. The van der Waals surface area contributed by atoms with Crippen LogP contribution < -0.4 is 4.90 Å². The van der Waals surface area contributed by atoms with Crippen LogP contribution in [0.5, 0.6) is 0 Å². The molecule has 0 saturated carbocycles. The van der Waals surface area contributed by atoms with E-state index in [9.17, 15) is 0 Å². The molecule has 0 N–H and O–H groups in total. The zero-order valence-corrected chi connectivity index (χ0v) is 30.3. The fourth-order valence-electron chi connectivity index (χ4n) is 8.85. The van der Waals surface area contributed by atoms with Crippen LogP contribution in [0, 0.1) is 27.7 Å². The summed E-state index contributed by atoms with van der Waals surface area (Å²) in [6.45, 7) is 23.2. The number of fused-ring (bicyclic) bond motifs is 8. The molecule has 0 aromatic heterocycles. The zero-order valence-electron chi connectivity index (χ0n) is 30.3. The predicted molar refractivity (Wildman–Crippen MR) is 207 cm³/mol. The molecular weight excluding hydrogens is 579 g/mol. The molecule has 0 heterocycles. The largest absolute Gasteiger partial charge is 0.309 e. The highest BCUT2D eigenvalue weighted by atomic mass is 15.1. The molecule has 8 rings (SSSR count). The number of anilines is 3. The molecule has 6 aromatic carbocycles. The summed E-state index contributed by atoms with van der Waals surface area (Å²) in [4.78, 5) is 2.52. The summed E-state index contributed by atoms with van der Waals surface area (Å²) < 4.78 is 0. The average Bonchev–Trinajstić information content (AvgIpc) is 3.40. The van der Waals surface area contributed by atoms with Crippen molar-refractivity contribution in [1.82, 2.24) is 0 Å². The number of benzene rings is 6. The Bertz CT molecular complexity index is 2260. The summed E-state index contributed by atoms with van der Waals surface area (Å²) in [6.07, 6.45) is 0. The Morgan fingerprint density at radius 2 is 1.02 bits per heavy atom. The first-order valence-corrected chi connectivity index (χ1v) is 17.6. The van der Waals surface area contributed by atoms with Crippen molar-refractivity contribution in [1.29, 1.82) is 0 Å². The van der Waals surface area contributed by atoms with Crippen molar-refractivity contribution in [2.45, 2.75) is 86.0 Å². The van der Waals surface area contributed by atoms with Gasteiger partial charge in [-0.3, -0.25) is 0 Å². The summed E-state index contributed by atoms with van der Waals surface area (Å²) in [6, 6.07) is 37.7. The summed E-state index contributed by atoms with van der Waals surface area (Å²) in [5, 5.41) is 2.61. The molecule has 1 heteroatoms. The van der Waals surface area contributed by atoms with Crippen LogP contribution in [0.4, 0.5) is 17.1 Å². The molecule has 0 unspecified atom stereocenters. The highest BCUT2D eigenvalue weighted by Gasteiger charge is 2.43. The highest BCUT2D eigenvalue weighted by Crippen LogP contribution is 2.59. The van der Waals surface area contributed by atoms with Crippen LogP contribution in [0.2, 0.25) is 0 Å². The van der Waals surface area contributed by atoms with Gasteiger partial charge in [-0.2, -0.15) is 0 Å². The molecule has 1 nitrogen and oxygen atoms in total. The lowest BCUT2D eigenvalue weighted by molar-refractivity contribution is 0.651. The first-order chi connectivity index (χ1) is 22.8. The maximum absolute atomic E-state index is 2.56. The molecule has 240 valence electrons. The summed E-state index contributed by atoms with van der Waals surface area (Å²) >= 11 is 0.